The maximum absolute atomic E-state index is 5.78. The zero-order valence-electron chi connectivity index (χ0n) is 9.17. The first-order valence-corrected chi connectivity index (χ1v) is 5.47. The maximum Gasteiger partial charge on any atom is 0.136 e. The summed E-state index contributed by atoms with van der Waals surface area (Å²) in [7, 11) is 0. The van der Waals surface area contributed by atoms with Gasteiger partial charge in [-0.15, -0.1) is 0 Å². The number of anilines is 2. The minimum Gasteiger partial charge on any atom is -0.383 e. The molecule has 0 spiro atoms. The van der Waals surface area contributed by atoms with Crippen LogP contribution in [0.15, 0.2) is 24.9 Å². The lowest BCUT2D eigenvalue weighted by molar-refractivity contribution is 1.08. The summed E-state index contributed by atoms with van der Waals surface area (Å²) in [5.41, 5.74) is 7.25. The van der Waals surface area contributed by atoms with Crippen LogP contribution in [-0.2, 0) is 0 Å². The third-order valence-corrected chi connectivity index (χ3v) is 2.62. The number of nitrogens with zero attached hydrogens (tertiary/aromatic N) is 4. The molecule has 1 fully saturated rings. The first-order valence-electron chi connectivity index (χ1n) is 5.47. The van der Waals surface area contributed by atoms with E-state index in [-0.39, 0.29) is 0 Å². The summed E-state index contributed by atoms with van der Waals surface area (Å²) < 4.78 is 0. The molecule has 6 nitrogen and oxygen atoms in total. The first kappa shape index (κ1) is 9.95. The van der Waals surface area contributed by atoms with Gasteiger partial charge in [-0.1, -0.05) is 0 Å². The molecule has 0 bridgehead atoms. The highest BCUT2D eigenvalue weighted by Crippen LogP contribution is 2.26. The second-order valence-corrected chi connectivity index (χ2v) is 4.03. The largest absolute Gasteiger partial charge is 0.383 e. The van der Waals surface area contributed by atoms with Gasteiger partial charge in [0.1, 0.15) is 24.3 Å². The average Bonchev–Trinajstić information content (AvgIpc) is 3.14. The van der Waals surface area contributed by atoms with Crippen LogP contribution in [0.1, 0.15) is 12.8 Å². The van der Waals surface area contributed by atoms with Gasteiger partial charge < -0.3 is 11.1 Å². The molecule has 0 aromatic carbocycles. The molecule has 3 N–H and O–H groups in total. The van der Waals surface area contributed by atoms with E-state index in [4.69, 9.17) is 5.73 Å². The van der Waals surface area contributed by atoms with Gasteiger partial charge in [-0.3, -0.25) is 0 Å². The molecular formula is C11H12N6. The van der Waals surface area contributed by atoms with Gasteiger partial charge in [0.05, 0.1) is 11.3 Å². The van der Waals surface area contributed by atoms with Crippen molar-refractivity contribution in [3.05, 3.63) is 24.9 Å². The van der Waals surface area contributed by atoms with E-state index in [1.165, 1.54) is 25.5 Å². The lowest BCUT2D eigenvalue weighted by Crippen LogP contribution is -2.04. The molecule has 1 saturated carbocycles. The normalized spacial score (nSPS) is 14.6. The molecule has 0 saturated heterocycles. The highest BCUT2D eigenvalue weighted by Gasteiger charge is 2.21. The average molecular weight is 228 g/mol. The van der Waals surface area contributed by atoms with Crippen LogP contribution in [0.5, 0.6) is 0 Å². The van der Waals surface area contributed by atoms with E-state index < -0.39 is 0 Å². The van der Waals surface area contributed by atoms with Gasteiger partial charge in [0, 0.05) is 18.3 Å². The van der Waals surface area contributed by atoms with E-state index in [9.17, 15) is 0 Å². The van der Waals surface area contributed by atoms with Crippen LogP contribution in [0.25, 0.3) is 11.3 Å². The Morgan fingerprint density at radius 3 is 2.82 bits per heavy atom. The van der Waals surface area contributed by atoms with Crippen molar-refractivity contribution in [3.8, 4) is 11.3 Å². The molecule has 1 aliphatic rings. The second kappa shape index (κ2) is 3.97. The third-order valence-electron chi connectivity index (χ3n) is 2.62. The second-order valence-electron chi connectivity index (χ2n) is 4.03. The number of hydrogen-bond acceptors (Lipinski definition) is 6. The van der Waals surface area contributed by atoms with Crippen LogP contribution in [0.3, 0.4) is 0 Å². The Balaban J connectivity index is 1.94. The van der Waals surface area contributed by atoms with Gasteiger partial charge >= 0.3 is 0 Å². The minimum atomic E-state index is 0.427. The molecule has 86 valence electrons. The smallest absolute Gasteiger partial charge is 0.136 e. The van der Waals surface area contributed by atoms with Crippen molar-refractivity contribution in [1.29, 1.82) is 0 Å². The fourth-order valence-corrected chi connectivity index (χ4v) is 1.56. The van der Waals surface area contributed by atoms with E-state index in [1.54, 1.807) is 6.20 Å². The van der Waals surface area contributed by atoms with E-state index in [0.717, 1.165) is 17.1 Å². The van der Waals surface area contributed by atoms with Crippen molar-refractivity contribution in [2.45, 2.75) is 18.9 Å². The first-order chi connectivity index (χ1) is 8.33. The molecule has 0 unspecified atom stereocenters. The fraction of sp³-hybridized carbons (Fsp3) is 0.273. The van der Waals surface area contributed by atoms with Crippen LogP contribution >= 0.6 is 0 Å². The summed E-state index contributed by atoms with van der Waals surface area (Å²) in [4.78, 5) is 16.3. The quantitative estimate of drug-likeness (QED) is 0.817. The van der Waals surface area contributed by atoms with Gasteiger partial charge in [0.25, 0.3) is 0 Å². The maximum atomic E-state index is 5.78. The Labute approximate surface area is 98.3 Å². The summed E-state index contributed by atoms with van der Waals surface area (Å²) in [6.45, 7) is 0. The van der Waals surface area contributed by atoms with Crippen molar-refractivity contribution >= 4 is 11.6 Å². The van der Waals surface area contributed by atoms with Crippen LogP contribution in [-0.4, -0.2) is 26.0 Å². The number of hydrogen-bond donors (Lipinski definition) is 2. The van der Waals surface area contributed by atoms with E-state index in [2.05, 4.69) is 25.3 Å². The summed E-state index contributed by atoms with van der Waals surface area (Å²) in [5, 5.41) is 3.31. The van der Waals surface area contributed by atoms with Gasteiger partial charge in [0.2, 0.25) is 0 Å². The molecule has 0 radical (unpaired) electrons. The SMILES string of the molecule is Nc1ncncc1-c1cc(NC2CC2)ncn1. The number of nitrogens with one attached hydrogen (secondary N) is 1. The van der Waals surface area contributed by atoms with Gasteiger partial charge in [-0.05, 0) is 12.8 Å². The molecular weight excluding hydrogens is 216 g/mol. The summed E-state index contributed by atoms with van der Waals surface area (Å²) in [5.74, 6) is 1.25. The van der Waals surface area contributed by atoms with Gasteiger partial charge in [-0.2, -0.15) is 0 Å². The van der Waals surface area contributed by atoms with E-state index in [0.29, 0.717) is 11.9 Å². The van der Waals surface area contributed by atoms with Gasteiger partial charge in [0.15, 0.2) is 0 Å². The molecule has 2 aromatic rings. The third kappa shape index (κ3) is 2.15. The highest BCUT2D eigenvalue weighted by molar-refractivity contribution is 5.71. The molecule has 0 amide bonds. The lowest BCUT2D eigenvalue weighted by Gasteiger charge is -2.06. The van der Waals surface area contributed by atoms with Gasteiger partial charge in [-0.25, -0.2) is 19.9 Å². The van der Waals surface area contributed by atoms with Crippen LogP contribution in [0, 0.1) is 0 Å². The topological polar surface area (TPSA) is 89.6 Å². The number of rotatable bonds is 3. The molecule has 3 rings (SSSR count). The van der Waals surface area contributed by atoms with E-state index >= 15 is 0 Å². The Morgan fingerprint density at radius 1 is 1.18 bits per heavy atom. The molecule has 6 heteroatoms. The number of nitrogens with two attached hydrogens (primary N) is 1. The molecule has 2 aromatic heterocycles. The molecule has 1 aliphatic carbocycles. The molecule has 17 heavy (non-hydrogen) atoms. The fourth-order valence-electron chi connectivity index (χ4n) is 1.56. The van der Waals surface area contributed by atoms with Crippen molar-refractivity contribution in [3.63, 3.8) is 0 Å². The monoisotopic (exact) mass is 228 g/mol. The van der Waals surface area contributed by atoms with Crippen molar-refractivity contribution in [1.82, 2.24) is 19.9 Å². The zero-order valence-corrected chi connectivity index (χ0v) is 9.17. The lowest BCUT2D eigenvalue weighted by atomic mass is 10.2. The Hall–Kier alpha value is -2.24. The summed E-state index contributed by atoms with van der Waals surface area (Å²) >= 11 is 0. The van der Waals surface area contributed by atoms with Crippen molar-refractivity contribution < 1.29 is 0 Å². The van der Waals surface area contributed by atoms with E-state index in [1.807, 2.05) is 6.07 Å². The molecule has 0 atom stereocenters. The predicted molar refractivity (Wildman–Crippen MR) is 64.1 cm³/mol. The Morgan fingerprint density at radius 2 is 2.06 bits per heavy atom. The molecule has 0 aliphatic heterocycles. The highest BCUT2D eigenvalue weighted by atomic mass is 15.1. The molecule has 2 heterocycles. The minimum absolute atomic E-state index is 0.427. The van der Waals surface area contributed by atoms with Crippen molar-refractivity contribution in [2.75, 3.05) is 11.1 Å². The number of aromatic nitrogens is 4. The predicted octanol–water partition coefficient (Wildman–Crippen LogP) is 1.09. The number of nitrogen functional groups attached to an aromatic ring is 1. The zero-order chi connectivity index (χ0) is 11.7. The Kier molecular flexibility index (Phi) is 2.32. The van der Waals surface area contributed by atoms with Crippen LogP contribution in [0.2, 0.25) is 0 Å². The summed E-state index contributed by atoms with van der Waals surface area (Å²) in [6.07, 6.45) is 7.01. The standard InChI is InChI=1S/C11H12N6/c12-11-8(4-13-5-16-11)9-3-10(15-6-14-9)17-7-1-2-7/h3-7H,1-2H2,(H2,12,13,16)(H,14,15,17). The summed E-state index contributed by atoms with van der Waals surface area (Å²) in [6, 6.07) is 2.43. The van der Waals surface area contributed by atoms with Crippen molar-refractivity contribution in [2.24, 2.45) is 0 Å². The van der Waals surface area contributed by atoms with Crippen LogP contribution in [0.4, 0.5) is 11.6 Å². The van der Waals surface area contributed by atoms with Crippen LogP contribution < -0.4 is 11.1 Å². The Bertz CT molecular complexity index is 537.